The van der Waals surface area contributed by atoms with Crippen molar-refractivity contribution in [2.45, 2.75) is 33.1 Å². The fraction of sp³-hybridized carbons (Fsp3) is 0.778. The predicted octanol–water partition coefficient (Wildman–Crippen LogP) is 2.33. The van der Waals surface area contributed by atoms with Gasteiger partial charge in [0.15, 0.2) is 0 Å². The summed E-state index contributed by atoms with van der Waals surface area (Å²) in [5.74, 6) is 0.770. The molecule has 0 aliphatic rings. The maximum absolute atomic E-state index is 5.35. The summed E-state index contributed by atoms with van der Waals surface area (Å²) in [5, 5.41) is 0. The molecule has 0 radical (unpaired) electrons. The van der Waals surface area contributed by atoms with Gasteiger partial charge in [-0.1, -0.05) is 26.0 Å². The van der Waals surface area contributed by atoms with Gasteiger partial charge in [-0.15, -0.1) is 0 Å². The number of nitrogens with two attached hydrogens (primary N) is 1. The molecule has 0 unspecified atom stereocenters. The minimum absolute atomic E-state index is 0.770. The van der Waals surface area contributed by atoms with Crippen molar-refractivity contribution in [3.05, 3.63) is 12.2 Å². The molecule has 0 atom stereocenters. The van der Waals surface area contributed by atoms with Crippen molar-refractivity contribution in [1.29, 1.82) is 0 Å². The first-order valence-corrected chi connectivity index (χ1v) is 4.21. The van der Waals surface area contributed by atoms with E-state index in [2.05, 4.69) is 26.0 Å². The van der Waals surface area contributed by atoms with Crippen molar-refractivity contribution in [2.75, 3.05) is 6.54 Å². The molecule has 1 nitrogen and oxygen atoms in total. The van der Waals surface area contributed by atoms with Crippen LogP contribution in [0, 0.1) is 5.92 Å². The molecule has 1 heteroatoms. The Kier molecular flexibility index (Phi) is 6.61. The normalized spacial score (nSPS) is 11.6. The van der Waals surface area contributed by atoms with E-state index in [1.165, 1.54) is 12.8 Å². The molecule has 0 fully saturated rings. The molecule has 0 aliphatic heterocycles. The van der Waals surface area contributed by atoms with E-state index in [0.717, 1.165) is 18.9 Å². The quantitative estimate of drug-likeness (QED) is 0.584. The molecule has 0 aromatic carbocycles. The molecule has 0 spiro atoms. The summed E-state index contributed by atoms with van der Waals surface area (Å²) in [6.45, 7) is 5.22. The summed E-state index contributed by atoms with van der Waals surface area (Å²) >= 11 is 0. The van der Waals surface area contributed by atoms with Crippen LogP contribution in [0.4, 0.5) is 0 Å². The van der Waals surface area contributed by atoms with Crippen LogP contribution < -0.4 is 5.73 Å². The van der Waals surface area contributed by atoms with E-state index in [1.807, 2.05) is 0 Å². The lowest BCUT2D eigenvalue weighted by Crippen LogP contribution is -1.96. The number of allylic oxidation sites excluding steroid dienone is 1. The molecule has 0 rings (SSSR count). The third-order valence-corrected chi connectivity index (χ3v) is 1.79. The van der Waals surface area contributed by atoms with Crippen LogP contribution in [0.25, 0.3) is 0 Å². The maximum atomic E-state index is 5.35. The van der Waals surface area contributed by atoms with Gasteiger partial charge in [-0.05, 0) is 31.7 Å². The second kappa shape index (κ2) is 6.81. The van der Waals surface area contributed by atoms with Crippen molar-refractivity contribution in [3.63, 3.8) is 0 Å². The van der Waals surface area contributed by atoms with Crippen molar-refractivity contribution >= 4 is 0 Å². The van der Waals surface area contributed by atoms with Crippen LogP contribution in [0.3, 0.4) is 0 Å². The fourth-order valence-corrected chi connectivity index (χ4v) is 0.946. The van der Waals surface area contributed by atoms with Gasteiger partial charge in [-0.2, -0.15) is 0 Å². The summed E-state index contributed by atoms with van der Waals surface area (Å²) in [5.41, 5.74) is 5.35. The van der Waals surface area contributed by atoms with E-state index in [9.17, 15) is 0 Å². The maximum Gasteiger partial charge on any atom is -0.00426 e. The highest BCUT2D eigenvalue weighted by molar-refractivity contribution is 4.87. The van der Waals surface area contributed by atoms with Gasteiger partial charge in [0.1, 0.15) is 0 Å². The predicted molar refractivity (Wildman–Crippen MR) is 46.9 cm³/mol. The van der Waals surface area contributed by atoms with Crippen LogP contribution in [0.2, 0.25) is 0 Å². The highest BCUT2D eigenvalue weighted by Crippen LogP contribution is 2.08. The van der Waals surface area contributed by atoms with Crippen LogP contribution in [-0.4, -0.2) is 6.54 Å². The summed E-state index contributed by atoms with van der Waals surface area (Å²) < 4.78 is 0. The zero-order chi connectivity index (χ0) is 7.82. The van der Waals surface area contributed by atoms with Gasteiger partial charge in [0.2, 0.25) is 0 Å². The van der Waals surface area contributed by atoms with Crippen molar-refractivity contribution in [3.8, 4) is 0 Å². The Morgan fingerprint density at radius 3 is 2.30 bits per heavy atom. The molecule has 0 aromatic heterocycles. The summed E-state index contributed by atoms with van der Waals surface area (Å²) in [6, 6.07) is 0. The van der Waals surface area contributed by atoms with Crippen LogP contribution >= 0.6 is 0 Å². The molecule has 0 amide bonds. The molecule has 0 heterocycles. The highest BCUT2D eigenvalue weighted by atomic mass is 14.5. The Morgan fingerprint density at radius 1 is 1.30 bits per heavy atom. The minimum atomic E-state index is 0.770. The first kappa shape index (κ1) is 9.70. The lowest BCUT2D eigenvalue weighted by Gasteiger charge is -2.03. The van der Waals surface area contributed by atoms with Gasteiger partial charge in [-0.25, -0.2) is 0 Å². The topological polar surface area (TPSA) is 26.0 Å². The lowest BCUT2D eigenvalue weighted by molar-refractivity contribution is 0.604. The molecule has 0 saturated carbocycles. The molecular formula is C9H19N. The zero-order valence-electron chi connectivity index (χ0n) is 7.14. The molecule has 10 heavy (non-hydrogen) atoms. The Labute approximate surface area is 64.3 Å². The smallest absolute Gasteiger partial charge is 0.00426 e. The van der Waals surface area contributed by atoms with Gasteiger partial charge in [0.25, 0.3) is 0 Å². The van der Waals surface area contributed by atoms with Gasteiger partial charge in [0.05, 0.1) is 0 Å². The lowest BCUT2D eigenvalue weighted by atomic mass is 10.0. The third kappa shape index (κ3) is 4.57. The van der Waals surface area contributed by atoms with Crippen molar-refractivity contribution in [1.82, 2.24) is 0 Å². The summed E-state index contributed by atoms with van der Waals surface area (Å²) in [7, 11) is 0. The first-order chi connectivity index (χ1) is 4.85. The molecule has 0 bridgehead atoms. The van der Waals surface area contributed by atoms with Crippen molar-refractivity contribution < 1.29 is 0 Å². The average Bonchev–Trinajstić information content (AvgIpc) is 1.99. The van der Waals surface area contributed by atoms with Gasteiger partial charge >= 0.3 is 0 Å². The Balaban J connectivity index is 3.40. The van der Waals surface area contributed by atoms with E-state index in [4.69, 9.17) is 5.73 Å². The van der Waals surface area contributed by atoms with Gasteiger partial charge in [-0.3, -0.25) is 0 Å². The molecule has 0 aliphatic carbocycles. The van der Waals surface area contributed by atoms with Crippen LogP contribution in [0.5, 0.6) is 0 Å². The van der Waals surface area contributed by atoms with Crippen LogP contribution in [0.15, 0.2) is 12.2 Å². The largest absolute Gasteiger partial charge is 0.330 e. The van der Waals surface area contributed by atoms with Crippen LogP contribution in [-0.2, 0) is 0 Å². The Hall–Kier alpha value is -0.300. The highest BCUT2D eigenvalue weighted by Gasteiger charge is 1.94. The fourth-order valence-electron chi connectivity index (χ4n) is 0.946. The third-order valence-electron chi connectivity index (χ3n) is 1.79. The number of rotatable bonds is 5. The van der Waals surface area contributed by atoms with E-state index < -0.39 is 0 Å². The Morgan fingerprint density at radius 2 is 1.90 bits per heavy atom. The van der Waals surface area contributed by atoms with Crippen molar-refractivity contribution in [2.24, 2.45) is 11.7 Å². The van der Waals surface area contributed by atoms with E-state index in [0.29, 0.717) is 0 Å². The summed E-state index contributed by atoms with van der Waals surface area (Å²) in [6.07, 6.45) is 8.00. The SMILES string of the molecule is CCC(/C=C/CCN)CC. The minimum Gasteiger partial charge on any atom is -0.330 e. The van der Waals surface area contributed by atoms with E-state index in [-0.39, 0.29) is 0 Å². The van der Waals surface area contributed by atoms with Crippen LogP contribution in [0.1, 0.15) is 33.1 Å². The molecule has 0 saturated heterocycles. The average molecular weight is 141 g/mol. The number of hydrogen-bond acceptors (Lipinski definition) is 1. The first-order valence-electron chi connectivity index (χ1n) is 4.21. The second-order valence-electron chi connectivity index (χ2n) is 2.58. The van der Waals surface area contributed by atoms with E-state index >= 15 is 0 Å². The monoisotopic (exact) mass is 141 g/mol. The number of hydrogen-bond donors (Lipinski definition) is 1. The van der Waals surface area contributed by atoms with Gasteiger partial charge < -0.3 is 5.73 Å². The van der Waals surface area contributed by atoms with Gasteiger partial charge in [0, 0.05) is 0 Å². The molecular weight excluding hydrogens is 122 g/mol. The second-order valence-corrected chi connectivity index (χ2v) is 2.58. The standard InChI is InChI=1S/C9H19N/c1-3-9(4-2)7-5-6-8-10/h5,7,9H,3-4,6,8,10H2,1-2H3/b7-5+. The summed E-state index contributed by atoms with van der Waals surface area (Å²) in [4.78, 5) is 0. The molecule has 2 N–H and O–H groups in total. The zero-order valence-corrected chi connectivity index (χ0v) is 7.14. The molecule has 60 valence electrons. The van der Waals surface area contributed by atoms with E-state index in [1.54, 1.807) is 0 Å². The molecule has 0 aromatic rings. The Bertz CT molecular complexity index is 82.7.